The molecule has 0 aliphatic heterocycles. The molecule has 4 rings (SSSR count). The van der Waals surface area contributed by atoms with Crippen LogP contribution in [0.5, 0.6) is 0 Å². The second-order valence-corrected chi connectivity index (χ2v) is 13.3. The number of likely N-dealkylation sites (N-methyl/N-ethyl adjacent to an activating group) is 1. The average Bonchev–Trinajstić information content (AvgIpc) is 3.28. The molecule has 1 unspecified atom stereocenters. The van der Waals surface area contributed by atoms with Crippen molar-refractivity contribution in [2.45, 2.75) is 105 Å². The lowest BCUT2D eigenvalue weighted by Gasteiger charge is -2.65. The van der Waals surface area contributed by atoms with Crippen LogP contribution in [0.4, 0.5) is 0 Å². The largest absolute Gasteiger partial charge is 0.464 e. The van der Waals surface area contributed by atoms with Gasteiger partial charge in [-0.2, -0.15) is 0 Å². The summed E-state index contributed by atoms with van der Waals surface area (Å²) in [7, 11) is 5.60. The molecule has 3 aliphatic carbocycles. The first-order valence-electron chi connectivity index (χ1n) is 15.2. The summed E-state index contributed by atoms with van der Waals surface area (Å²) in [6.07, 6.45) is 6.51. The molecule has 1 aromatic heterocycles. The highest BCUT2D eigenvalue weighted by atomic mass is 16.5. The van der Waals surface area contributed by atoms with Crippen LogP contribution in [0.2, 0.25) is 0 Å². The van der Waals surface area contributed by atoms with Crippen LogP contribution in [0.25, 0.3) is 0 Å². The highest BCUT2D eigenvalue weighted by molar-refractivity contribution is 5.85. The van der Waals surface area contributed by atoms with E-state index < -0.39 is 0 Å². The van der Waals surface area contributed by atoms with Crippen LogP contribution in [0.15, 0.2) is 10.5 Å². The molecule has 0 radical (unpaired) electrons. The van der Waals surface area contributed by atoms with Gasteiger partial charge in [-0.05, 0) is 74.4 Å². The first kappa shape index (κ1) is 29.6. The van der Waals surface area contributed by atoms with Gasteiger partial charge in [-0.3, -0.25) is 9.69 Å². The van der Waals surface area contributed by atoms with Gasteiger partial charge in [0.2, 0.25) is 5.91 Å². The molecule has 6 heteroatoms. The summed E-state index contributed by atoms with van der Waals surface area (Å²) in [6.45, 7) is 17.4. The van der Waals surface area contributed by atoms with Crippen LogP contribution in [-0.4, -0.2) is 68.8 Å². The molecule has 1 aromatic rings. The lowest BCUT2D eigenvalue weighted by molar-refractivity contribution is -0.232. The van der Waals surface area contributed by atoms with Gasteiger partial charge in [0.1, 0.15) is 11.5 Å². The van der Waals surface area contributed by atoms with E-state index in [0.717, 1.165) is 62.4 Å². The molecule has 1 heterocycles. The zero-order valence-electron chi connectivity index (χ0n) is 25.6. The highest BCUT2D eigenvalue weighted by Crippen LogP contribution is 2.66. The third-order valence-corrected chi connectivity index (χ3v) is 10.6. The normalized spacial score (nSPS) is 33.9. The fourth-order valence-corrected chi connectivity index (χ4v) is 9.02. The Morgan fingerprint density at radius 2 is 1.71 bits per heavy atom. The van der Waals surface area contributed by atoms with E-state index in [1.165, 1.54) is 12.8 Å². The molecule has 0 bridgehead atoms. The first-order chi connectivity index (χ1) is 18.1. The van der Waals surface area contributed by atoms with E-state index in [4.69, 9.17) is 13.9 Å². The maximum atomic E-state index is 14.2. The Bertz CT molecular complexity index is 951. The van der Waals surface area contributed by atoms with Gasteiger partial charge in [0, 0.05) is 45.7 Å². The van der Waals surface area contributed by atoms with E-state index >= 15 is 0 Å². The molecule has 0 spiro atoms. The summed E-state index contributed by atoms with van der Waals surface area (Å²) < 4.78 is 19.4. The van der Waals surface area contributed by atoms with Gasteiger partial charge in [0.25, 0.3) is 0 Å². The molecule has 0 aromatic carbocycles. The number of furan rings is 1. The molecule has 6 nitrogen and oxygen atoms in total. The Morgan fingerprint density at radius 3 is 2.29 bits per heavy atom. The zero-order chi connectivity index (χ0) is 27.8. The number of ether oxygens (including phenoxy) is 2. The van der Waals surface area contributed by atoms with Gasteiger partial charge in [0.15, 0.2) is 0 Å². The molecule has 1 amide bonds. The molecule has 3 aliphatic rings. The number of rotatable bonds is 10. The van der Waals surface area contributed by atoms with Crippen molar-refractivity contribution in [3.05, 3.63) is 23.2 Å². The minimum atomic E-state index is -0.276. The number of methoxy groups -OCH3 is 2. The number of nitrogens with zero attached hydrogens (tertiary/aromatic N) is 2. The maximum Gasteiger partial charge on any atom is 0.230 e. The van der Waals surface area contributed by atoms with E-state index in [9.17, 15) is 4.79 Å². The second kappa shape index (κ2) is 11.6. The Hall–Kier alpha value is -1.37. The van der Waals surface area contributed by atoms with Crippen molar-refractivity contribution in [1.29, 1.82) is 0 Å². The Morgan fingerprint density at radius 1 is 1.05 bits per heavy atom. The van der Waals surface area contributed by atoms with Gasteiger partial charge in [0.05, 0.1) is 24.7 Å². The summed E-state index contributed by atoms with van der Waals surface area (Å²) >= 11 is 0. The van der Waals surface area contributed by atoms with Crippen LogP contribution in [-0.2, 0) is 27.2 Å². The van der Waals surface area contributed by atoms with E-state index in [2.05, 4.69) is 52.5 Å². The molecule has 2 saturated carbocycles. The number of hydrogen-bond donors (Lipinski definition) is 0. The molecule has 2 fully saturated rings. The minimum absolute atomic E-state index is 0.0405. The van der Waals surface area contributed by atoms with Crippen molar-refractivity contribution in [1.82, 2.24) is 9.80 Å². The zero-order valence-corrected chi connectivity index (χ0v) is 25.6. The van der Waals surface area contributed by atoms with Crippen molar-refractivity contribution < 1.29 is 18.7 Å². The third kappa shape index (κ3) is 4.99. The van der Waals surface area contributed by atoms with Gasteiger partial charge in [-0.15, -0.1) is 0 Å². The average molecular weight is 531 g/mol. The number of carbonyl (C=O) groups is 1. The van der Waals surface area contributed by atoms with Gasteiger partial charge in [-0.25, -0.2) is 0 Å². The molecule has 0 saturated heterocycles. The summed E-state index contributed by atoms with van der Waals surface area (Å²) in [4.78, 5) is 18.6. The molecule has 216 valence electrons. The van der Waals surface area contributed by atoms with Crippen LogP contribution in [0, 0.1) is 28.6 Å². The third-order valence-electron chi connectivity index (χ3n) is 10.6. The smallest absolute Gasteiger partial charge is 0.230 e. The van der Waals surface area contributed by atoms with Crippen molar-refractivity contribution in [2.75, 3.05) is 40.9 Å². The maximum absolute atomic E-state index is 14.2. The van der Waals surface area contributed by atoms with Crippen molar-refractivity contribution in [3.63, 3.8) is 0 Å². The Kier molecular flexibility index (Phi) is 9.06. The lowest BCUT2D eigenvalue weighted by atomic mass is 9.42. The fraction of sp³-hybridized carbons (Fsp3) is 0.844. The van der Waals surface area contributed by atoms with E-state index in [0.29, 0.717) is 18.4 Å². The topological polar surface area (TPSA) is 55.2 Å². The second-order valence-electron chi connectivity index (χ2n) is 13.3. The highest BCUT2D eigenvalue weighted by Gasteiger charge is 2.65. The van der Waals surface area contributed by atoms with Crippen molar-refractivity contribution >= 4 is 5.91 Å². The molecule has 38 heavy (non-hydrogen) atoms. The van der Waals surface area contributed by atoms with Crippen LogP contribution >= 0.6 is 0 Å². The number of hydrogen-bond acceptors (Lipinski definition) is 5. The number of amides is 1. The molecule has 7 atom stereocenters. The van der Waals surface area contributed by atoms with Gasteiger partial charge >= 0.3 is 0 Å². The quantitative estimate of drug-likeness (QED) is 0.364. The monoisotopic (exact) mass is 530 g/mol. The van der Waals surface area contributed by atoms with Crippen LogP contribution < -0.4 is 0 Å². The van der Waals surface area contributed by atoms with Crippen LogP contribution in [0.1, 0.15) is 96.6 Å². The lowest BCUT2D eigenvalue weighted by Crippen LogP contribution is -2.66. The summed E-state index contributed by atoms with van der Waals surface area (Å²) in [5.74, 6) is 2.66. The van der Waals surface area contributed by atoms with Crippen molar-refractivity contribution in [3.8, 4) is 0 Å². The van der Waals surface area contributed by atoms with E-state index in [-0.39, 0.29) is 40.8 Å². The van der Waals surface area contributed by atoms with Gasteiger partial charge < -0.3 is 18.8 Å². The van der Waals surface area contributed by atoms with E-state index in [1.54, 1.807) is 0 Å². The molecular weight excluding hydrogens is 476 g/mol. The fourth-order valence-electron chi connectivity index (χ4n) is 9.02. The van der Waals surface area contributed by atoms with Gasteiger partial charge in [-0.1, -0.05) is 41.0 Å². The van der Waals surface area contributed by atoms with E-state index in [1.807, 2.05) is 26.2 Å². The first-order valence-corrected chi connectivity index (χ1v) is 15.2. The predicted molar refractivity (Wildman–Crippen MR) is 152 cm³/mol. The SMILES string of the molecule is CCCN(CCC)Cc1cc2c(o1)C[C@H]1[C@@H]([C@@H](OC)[C@H](OC)C3C(C)(C)CCC[C@@]31C)[C@@H]2C(=O)N(C)CC. The molecular formula is C32H54N2O4. The Balaban J connectivity index is 1.84. The summed E-state index contributed by atoms with van der Waals surface area (Å²) in [6, 6.07) is 2.21. The minimum Gasteiger partial charge on any atom is -0.464 e. The summed E-state index contributed by atoms with van der Waals surface area (Å²) in [5, 5.41) is 0. The predicted octanol–water partition coefficient (Wildman–Crippen LogP) is 6.13. The Labute approximate surface area is 231 Å². The van der Waals surface area contributed by atoms with Crippen molar-refractivity contribution in [2.24, 2.45) is 28.6 Å². The number of carbonyl (C=O) groups excluding carboxylic acids is 1. The van der Waals surface area contributed by atoms with Crippen LogP contribution in [0.3, 0.4) is 0 Å². The molecule has 0 N–H and O–H groups in total. The standard InChI is InChI=1S/C32H54N2O4/c1-10-16-34(17-11-2)20-21-18-22-24(38-21)19-23-26(25(22)30(35)33(7)12-3)27(36-8)28(37-9)29-31(4,5)14-13-15-32(23,29)6/h18,23,25-29H,10-17,19-20H2,1-9H3/t23-,25+,26+,27+,28-,29?,32+/m0/s1. The summed E-state index contributed by atoms with van der Waals surface area (Å²) in [5.41, 5.74) is 1.28. The number of fused-ring (bicyclic) bond motifs is 4.